The molecule has 1 atom stereocenters. The van der Waals surface area contributed by atoms with Crippen molar-refractivity contribution >= 4 is 30.9 Å². The molecule has 1 aliphatic heterocycles. The monoisotopic (exact) mass is 344 g/mol. The summed E-state index contributed by atoms with van der Waals surface area (Å²) in [6, 6.07) is 2.52. The van der Waals surface area contributed by atoms with E-state index in [1.54, 1.807) is 6.20 Å². The summed E-state index contributed by atoms with van der Waals surface area (Å²) in [5, 5.41) is 3.32. The van der Waals surface area contributed by atoms with Crippen LogP contribution in [0.2, 0.25) is 0 Å². The first-order valence-electron chi connectivity index (χ1n) is 7.20. The summed E-state index contributed by atoms with van der Waals surface area (Å²) in [6.07, 6.45) is 13.1. The second kappa shape index (κ2) is 9.88. The number of allylic oxidation sites excluding steroid dienone is 3. The third kappa shape index (κ3) is 7.83. The van der Waals surface area contributed by atoms with Crippen molar-refractivity contribution in [2.45, 2.75) is 33.2 Å². The number of pyridine rings is 1. The molecule has 2 heterocycles. The lowest BCUT2D eigenvalue weighted by atomic mass is 9.96. The van der Waals surface area contributed by atoms with Crippen LogP contribution in [0.3, 0.4) is 0 Å². The highest BCUT2D eigenvalue weighted by atomic mass is 35.5. The van der Waals surface area contributed by atoms with E-state index < -0.39 is 0 Å². The van der Waals surface area contributed by atoms with Crippen molar-refractivity contribution in [1.29, 1.82) is 0 Å². The summed E-state index contributed by atoms with van der Waals surface area (Å²) in [4.78, 5) is 4.21. The summed E-state index contributed by atoms with van der Waals surface area (Å²) >= 11 is 0. The molecule has 0 radical (unpaired) electrons. The summed E-state index contributed by atoms with van der Waals surface area (Å²) in [7, 11) is 0. The molecule has 124 valence electrons. The van der Waals surface area contributed by atoms with Crippen LogP contribution >= 0.6 is 24.8 Å². The minimum absolute atomic E-state index is 0. The molecule has 0 saturated carbocycles. The van der Waals surface area contributed by atoms with E-state index in [4.69, 9.17) is 4.74 Å². The quantitative estimate of drug-likeness (QED) is 0.809. The smallest absolute Gasteiger partial charge is 0.138 e. The van der Waals surface area contributed by atoms with Gasteiger partial charge in [0.05, 0.1) is 6.20 Å². The molecule has 1 aliphatic rings. The molecule has 22 heavy (non-hydrogen) atoms. The Kier molecular flexibility index (Phi) is 9.42. The Balaban J connectivity index is 0.00000220. The molecule has 2 rings (SSSR count). The Bertz CT molecular complexity index is 492. The molecule has 1 saturated heterocycles. The molecule has 0 aromatic carbocycles. The molecule has 3 nitrogen and oxygen atoms in total. The molecule has 1 N–H and O–H groups in total. The second-order valence-electron chi connectivity index (χ2n) is 6.29. The summed E-state index contributed by atoms with van der Waals surface area (Å²) in [6.45, 7) is 8.37. The summed E-state index contributed by atoms with van der Waals surface area (Å²) < 4.78 is 5.73. The number of hydrogen-bond donors (Lipinski definition) is 1. The van der Waals surface area contributed by atoms with E-state index in [-0.39, 0.29) is 30.2 Å². The van der Waals surface area contributed by atoms with Crippen LogP contribution in [0.25, 0.3) is 6.08 Å². The minimum Gasteiger partial charge on any atom is -0.490 e. The van der Waals surface area contributed by atoms with Crippen molar-refractivity contribution in [3.05, 3.63) is 42.3 Å². The Labute approximate surface area is 146 Å². The highest BCUT2D eigenvalue weighted by molar-refractivity contribution is 5.85. The van der Waals surface area contributed by atoms with E-state index in [1.807, 2.05) is 24.4 Å². The van der Waals surface area contributed by atoms with Gasteiger partial charge in [-0.05, 0) is 30.0 Å². The zero-order valence-electron chi connectivity index (χ0n) is 13.4. The van der Waals surface area contributed by atoms with Crippen LogP contribution in [0.1, 0.15) is 32.8 Å². The predicted octanol–water partition coefficient (Wildman–Crippen LogP) is 4.28. The number of aromatic nitrogens is 1. The lowest BCUT2D eigenvalue weighted by molar-refractivity contribution is 0.217. The molecular formula is C17H26Cl2N2O. The highest BCUT2D eigenvalue weighted by Gasteiger charge is 2.16. The average Bonchev–Trinajstić information content (AvgIpc) is 2.32. The van der Waals surface area contributed by atoms with Crippen molar-refractivity contribution < 1.29 is 4.74 Å². The first kappa shape index (κ1) is 21.0. The number of nitrogens with zero attached hydrogens (tertiary/aromatic N) is 1. The van der Waals surface area contributed by atoms with Crippen LogP contribution in [0.4, 0.5) is 0 Å². The van der Waals surface area contributed by atoms with Crippen molar-refractivity contribution in [3.63, 3.8) is 0 Å². The Morgan fingerprint density at radius 2 is 2.00 bits per heavy atom. The van der Waals surface area contributed by atoms with Gasteiger partial charge in [-0.2, -0.15) is 0 Å². The molecule has 0 unspecified atom stereocenters. The highest BCUT2D eigenvalue weighted by Crippen LogP contribution is 2.16. The topological polar surface area (TPSA) is 34.1 Å². The Hall–Kier alpha value is -1.03. The number of rotatable bonds is 5. The molecule has 0 amide bonds. The first-order valence-corrected chi connectivity index (χ1v) is 7.20. The molecule has 5 heteroatoms. The number of ether oxygens (including phenoxy) is 1. The van der Waals surface area contributed by atoms with Gasteiger partial charge in [0, 0.05) is 12.2 Å². The van der Waals surface area contributed by atoms with Crippen molar-refractivity contribution in [2.24, 2.45) is 5.41 Å². The maximum Gasteiger partial charge on any atom is 0.138 e. The van der Waals surface area contributed by atoms with Gasteiger partial charge in [-0.1, -0.05) is 45.1 Å². The zero-order chi connectivity index (χ0) is 14.4. The van der Waals surface area contributed by atoms with E-state index in [0.717, 1.165) is 24.5 Å². The normalized spacial score (nSPS) is 17.7. The van der Waals surface area contributed by atoms with E-state index in [2.05, 4.69) is 43.2 Å². The molecular weight excluding hydrogens is 319 g/mol. The van der Waals surface area contributed by atoms with Gasteiger partial charge in [-0.15, -0.1) is 24.8 Å². The molecule has 1 aromatic rings. The third-order valence-electron chi connectivity index (χ3n) is 3.11. The second-order valence-corrected chi connectivity index (χ2v) is 6.29. The summed E-state index contributed by atoms with van der Waals surface area (Å²) in [5.41, 5.74) is 1.27. The average molecular weight is 345 g/mol. The van der Waals surface area contributed by atoms with E-state index >= 15 is 0 Å². The number of hydrogen-bond acceptors (Lipinski definition) is 3. The van der Waals surface area contributed by atoms with Crippen LogP contribution in [-0.4, -0.2) is 24.2 Å². The van der Waals surface area contributed by atoms with Crippen molar-refractivity contribution in [1.82, 2.24) is 10.3 Å². The lowest BCUT2D eigenvalue weighted by Crippen LogP contribution is -2.46. The molecule has 1 fully saturated rings. The van der Waals surface area contributed by atoms with Gasteiger partial charge in [0.2, 0.25) is 0 Å². The van der Waals surface area contributed by atoms with Gasteiger partial charge in [0.1, 0.15) is 12.4 Å². The van der Waals surface area contributed by atoms with Gasteiger partial charge in [-0.25, -0.2) is 0 Å². The van der Waals surface area contributed by atoms with Gasteiger partial charge in [-0.3, -0.25) is 4.98 Å². The zero-order valence-corrected chi connectivity index (χ0v) is 15.0. The van der Waals surface area contributed by atoms with Gasteiger partial charge in [0.25, 0.3) is 0 Å². The fourth-order valence-electron chi connectivity index (χ4n) is 1.80. The Morgan fingerprint density at radius 3 is 2.59 bits per heavy atom. The van der Waals surface area contributed by atoms with E-state index in [9.17, 15) is 0 Å². The fraction of sp³-hybridized carbons (Fsp3) is 0.471. The van der Waals surface area contributed by atoms with Crippen LogP contribution in [-0.2, 0) is 0 Å². The predicted molar refractivity (Wildman–Crippen MR) is 98.3 cm³/mol. The van der Waals surface area contributed by atoms with E-state index in [1.165, 1.54) is 6.42 Å². The van der Waals surface area contributed by atoms with E-state index in [0.29, 0.717) is 6.04 Å². The molecule has 0 aliphatic carbocycles. The van der Waals surface area contributed by atoms with Gasteiger partial charge in [0.15, 0.2) is 0 Å². The molecule has 0 spiro atoms. The van der Waals surface area contributed by atoms with Crippen LogP contribution < -0.4 is 10.1 Å². The number of halogens is 2. The summed E-state index contributed by atoms with van der Waals surface area (Å²) in [5.74, 6) is 0.834. The fourth-order valence-corrected chi connectivity index (χ4v) is 1.80. The Morgan fingerprint density at radius 1 is 1.27 bits per heavy atom. The van der Waals surface area contributed by atoms with Crippen molar-refractivity contribution in [3.8, 4) is 5.75 Å². The van der Waals surface area contributed by atoms with Crippen LogP contribution in [0.15, 0.2) is 36.7 Å². The third-order valence-corrected chi connectivity index (χ3v) is 3.11. The standard InChI is InChI=1S/C17H24N2O.2ClH/c1-17(2,3)8-5-4-6-14-10-16(12-18-11-14)20-13-15-7-9-19-15;;/h4-6,8,10-12,15,19H,7,9,13H2,1-3H3;2*1H/t15-;;/m0../s1. The SMILES string of the molecule is CC(C)(C)C=CC=Cc1cncc(OC[C@@H]2CCN2)c1.Cl.Cl. The largest absolute Gasteiger partial charge is 0.490 e. The number of nitrogens with one attached hydrogen (secondary N) is 1. The first-order chi connectivity index (χ1) is 9.53. The minimum atomic E-state index is 0. The maximum atomic E-state index is 5.73. The van der Waals surface area contributed by atoms with Crippen LogP contribution in [0.5, 0.6) is 5.75 Å². The van der Waals surface area contributed by atoms with Crippen molar-refractivity contribution in [2.75, 3.05) is 13.2 Å². The van der Waals surface area contributed by atoms with Gasteiger partial charge < -0.3 is 10.1 Å². The maximum absolute atomic E-state index is 5.73. The molecule has 1 aromatic heterocycles. The van der Waals surface area contributed by atoms with Gasteiger partial charge >= 0.3 is 0 Å². The van der Waals surface area contributed by atoms with Crippen LogP contribution in [0, 0.1) is 5.41 Å². The lowest BCUT2D eigenvalue weighted by Gasteiger charge is -2.27. The molecule has 0 bridgehead atoms.